The van der Waals surface area contributed by atoms with Crippen molar-refractivity contribution in [1.29, 1.82) is 0 Å². The summed E-state index contributed by atoms with van der Waals surface area (Å²) in [6.45, 7) is 0.674. The number of para-hydroxylation sites is 2. The summed E-state index contributed by atoms with van der Waals surface area (Å²) < 4.78 is 7.63. The first-order chi connectivity index (χ1) is 12.7. The Balaban J connectivity index is 1.70. The summed E-state index contributed by atoms with van der Waals surface area (Å²) in [5.74, 6) is 0.643. The molecule has 0 radical (unpaired) electrons. The zero-order chi connectivity index (χ0) is 18.1. The average molecular weight is 366 g/mol. The van der Waals surface area contributed by atoms with E-state index in [1.165, 1.54) is 0 Å². The number of hydrogen-bond acceptors (Lipinski definition) is 4. The van der Waals surface area contributed by atoms with Gasteiger partial charge in [-0.15, -0.1) is 0 Å². The monoisotopic (exact) mass is 366 g/mol. The van der Waals surface area contributed by atoms with E-state index in [9.17, 15) is 9.59 Å². The highest BCUT2D eigenvalue weighted by atomic mass is 32.2. The van der Waals surface area contributed by atoms with Gasteiger partial charge in [-0.05, 0) is 24.1 Å². The largest absolute Gasteiger partial charge is 0.496 e. The number of aromatic nitrogens is 1. The van der Waals surface area contributed by atoms with E-state index >= 15 is 0 Å². The molecule has 1 fully saturated rings. The van der Waals surface area contributed by atoms with E-state index in [2.05, 4.69) is 28.2 Å². The van der Waals surface area contributed by atoms with Crippen molar-refractivity contribution in [2.45, 2.75) is 18.2 Å². The lowest BCUT2D eigenvalue weighted by Gasteiger charge is -2.10. The molecule has 2 aromatic carbocycles. The molecule has 0 saturated carbocycles. The Morgan fingerprint density at radius 3 is 2.62 bits per heavy atom. The zero-order valence-corrected chi connectivity index (χ0v) is 15.1. The summed E-state index contributed by atoms with van der Waals surface area (Å²) in [7, 11) is 1.67. The van der Waals surface area contributed by atoms with Crippen molar-refractivity contribution < 1.29 is 14.3 Å². The van der Waals surface area contributed by atoms with Gasteiger partial charge in [0.1, 0.15) is 5.75 Å². The van der Waals surface area contributed by atoms with Crippen molar-refractivity contribution in [1.82, 2.24) is 9.88 Å². The zero-order valence-electron chi connectivity index (χ0n) is 14.3. The summed E-state index contributed by atoms with van der Waals surface area (Å²) in [6.07, 6.45) is 2.61. The van der Waals surface area contributed by atoms with Gasteiger partial charge in [0.25, 0.3) is 5.24 Å². The number of thioether (sulfide) groups is 1. The lowest BCUT2D eigenvalue weighted by molar-refractivity contribution is -0.118. The Kier molecular flexibility index (Phi) is 4.42. The summed E-state index contributed by atoms with van der Waals surface area (Å²) in [5.41, 5.74) is 3.26. The molecule has 1 atom stereocenters. The first-order valence-electron chi connectivity index (χ1n) is 8.36. The standard InChI is InChI=1S/C20H18N2O3S/c1-25-17-9-5-2-6-13(17)11-22-12-14(15-7-3-4-8-16(15)22)10-18-19(23)21-20(24)26-18/h2-9,12,18H,10-11H2,1H3,(H,21,23,24). The van der Waals surface area contributed by atoms with E-state index in [0.29, 0.717) is 13.0 Å². The molecule has 6 heteroatoms. The van der Waals surface area contributed by atoms with Crippen LogP contribution in [-0.4, -0.2) is 28.1 Å². The van der Waals surface area contributed by atoms with Gasteiger partial charge in [-0.2, -0.15) is 0 Å². The minimum atomic E-state index is -0.368. The van der Waals surface area contributed by atoms with Crippen LogP contribution in [0.4, 0.5) is 4.79 Å². The van der Waals surface area contributed by atoms with Crippen LogP contribution < -0.4 is 10.1 Å². The first kappa shape index (κ1) is 16.7. The summed E-state index contributed by atoms with van der Waals surface area (Å²) in [5, 5.41) is 2.83. The van der Waals surface area contributed by atoms with Crippen LogP contribution in [0.15, 0.2) is 54.7 Å². The highest BCUT2D eigenvalue weighted by Crippen LogP contribution is 2.29. The predicted octanol–water partition coefficient (Wildman–Crippen LogP) is 3.59. The van der Waals surface area contributed by atoms with Crippen molar-refractivity contribution in [3.63, 3.8) is 0 Å². The maximum atomic E-state index is 11.9. The van der Waals surface area contributed by atoms with Crippen molar-refractivity contribution in [2.24, 2.45) is 0 Å². The third kappa shape index (κ3) is 3.08. The van der Waals surface area contributed by atoms with Crippen LogP contribution in [0.25, 0.3) is 10.9 Å². The second kappa shape index (κ2) is 6.88. The molecule has 5 nitrogen and oxygen atoms in total. The highest BCUT2D eigenvalue weighted by Gasteiger charge is 2.32. The molecule has 1 unspecified atom stereocenters. The number of hydrogen-bond donors (Lipinski definition) is 1. The minimum absolute atomic E-state index is 0.207. The van der Waals surface area contributed by atoms with Gasteiger partial charge in [0.15, 0.2) is 0 Å². The van der Waals surface area contributed by atoms with Crippen molar-refractivity contribution in [3.05, 3.63) is 65.9 Å². The number of methoxy groups -OCH3 is 1. The van der Waals surface area contributed by atoms with Crippen LogP contribution in [0.3, 0.4) is 0 Å². The van der Waals surface area contributed by atoms with E-state index in [4.69, 9.17) is 4.74 Å². The predicted molar refractivity (Wildman–Crippen MR) is 103 cm³/mol. The summed E-state index contributed by atoms with van der Waals surface area (Å²) in [6, 6.07) is 16.1. The Labute approximate surface area is 155 Å². The van der Waals surface area contributed by atoms with Gasteiger partial charge in [-0.25, -0.2) is 0 Å². The maximum Gasteiger partial charge on any atom is 0.286 e. The average Bonchev–Trinajstić information content (AvgIpc) is 3.15. The number of carbonyl (C=O) groups excluding carboxylic acids is 2. The molecule has 0 spiro atoms. The third-order valence-corrected chi connectivity index (χ3v) is 5.56. The first-order valence-corrected chi connectivity index (χ1v) is 9.24. The second-order valence-corrected chi connectivity index (χ2v) is 7.37. The van der Waals surface area contributed by atoms with Crippen LogP contribution in [-0.2, 0) is 17.8 Å². The van der Waals surface area contributed by atoms with Gasteiger partial charge in [-0.3, -0.25) is 14.9 Å². The molecule has 1 aliphatic heterocycles. The number of rotatable bonds is 5. The van der Waals surface area contributed by atoms with E-state index in [-0.39, 0.29) is 16.4 Å². The van der Waals surface area contributed by atoms with E-state index in [1.807, 2.05) is 36.4 Å². The molecule has 2 heterocycles. The molecule has 1 N–H and O–H groups in total. The van der Waals surface area contributed by atoms with Crippen LogP contribution in [0, 0.1) is 0 Å². The normalized spacial score (nSPS) is 16.9. The number of nitrogens with one attached hydrogen (secondary N) is 1. The third-order valence-electron chi connectivity index (χ3n) is 4.58. The Hall–Kier alpha value is -2.73. The fourth-order valence-electron chi connectivity index (χ4n) is 3.36. The van der Waals surface area contributed by atoms with Gasteiger partial charge < -0.3 is 9.30 Å². The molecule has 0 bridgehead atoms. The van der Waals surface area contributed by atoms with Crippen molar-refractivity contribution >= 4 is 33.8 Å². The number of nitrogens with zero attached hydrogens (tertiary/aromatic N) is 1. The number of carbonyl (C=O) groups is 2. The Morgan fingerprint density at radius 1 is 1.08 bits per heavy atom. The van der Waals surface area contributed by atoms with Crippen molar-refractivity contribution in [2.75, 3.05) is 7.11 Å². The van der Waals surface area contributed by atoms with Gasteiger partial charge in [0.2, 0.25) is 5.91 Å². The summed E-state index contributed by atoms with van der Waals surface area (Å²) in [4.78, 5) is 23.4. The molecular formula is C20H18N2O3S. The maximum absolute atomic E-state index is 11.9. The number of imide groups is 1. The number of ether oxygens (including phenoxy) is 1. The van der Waals surface area contributed by atoms with Gasteiger partial charge in [-0.1, -0.05) is 48.2 Å². The molecule has 26 heavy (non-hydrogen) atoms. The van der Waals surface area contributed by atoms with E-state index in [1.54, 1.807) is 7.11 Å². The number of amides is 2. The molecule has 132 valence electrons. The lowest BCUT2D eigenvalue weighted by atomic mass is 10.1. The van der Waals surface area contributed by atoms with Crippen LogP contribution in [0.5, 0.6) is 5.75 Å². The number of benzene rings is 2. The Morgan fingerprint density at radius 2 is 1.85 bits per heavy atom. The van der Waals surface area contributed by atoms with Crippen LogP contribution in [0.2, 0.25) is 0 Å². The SMILES string of the molecule is COc1ccccc1Cn1cc(CC2SC(=O)NC2=O)c2ccccc21. The molecule has 2 amide bonds. The van der Waals surface area contributed by atoms with Crippen molar-refractivity contribution in [3.8, 4) is 5.75 Å². The molecule has 1 saturated heterocycles. The second-order valence-electron chi connectivity index (χ2n) is 6.20. The topological polar surface area (TPSA) is 60.3 Å². The lowest BCUT2D eigenvalue weighted by Crippen LogP contribution is -2.25. The van der Waals surface area contributed by atoms with E-state index in [0.717, 1.165) is 39.5 Å². The van der Waals surface area contributed by atoms with Crippen LogP contribution >= 0.6 is 11.8 Å². The fourth-order valence-corrected chi connectivity index (χ4v) is 4.21. The summed E-state index contributed by atoms with van der Waals surface area (Å²) >= 11 is 1.07. The quantitative estimate of drug-likeness (QED) is 0.750. The molecule has 3 aromatic rings. The van der Waals surface area contributed by atoms with Crippen LogP contribution in [0.1, 0.15) is 11.1 Å². The number of fused-ring (bicyclic) bond motifs is 1. The minimum Gasteiger partial charge on any atom is -0.496 e. The van der Waals surface area contributed by atoms with Gasteiger partial charge in [0.05, 0.1) is 18.9 Å². The molecular weight excluding hydrogens is 348 g/mol. The Bertz CT molecular complexity index is 996. The fraction of sp³-hybridized carbons (Fsp3) is 0.200. The molecule has 4 rings (SSSR count). The smallest absolute Gasteiger partial charge is 0.286 e. The molecule has 1 aromatic heterocycles. The highest BCUT2D eigenvalue weighted by molar-refractivity contribution is 8.15. The van der Waals surface area contributed by atoms with Gasteiger partial charge >= 0.3 is 0 Å². The van der Waals surface area contributed by atoms with E-state index < -0.39 is 0 Å². The molecule has 0 aliphatic carbocycles. The van der Waals surface area contributed by atoms with Gasteiger partial charge in [0, 0.05) is 22.7 Å². The molecule has 1 aliphatic rings.